The van der Waals surface area contributed by atoms with E-state index in [2.05, 4.69) is 29.6 Å². The zero-order valence-corrected chi connectivity index (χ0v) is 13.2. The highest BCUT2D eigenvalue weighted by molar-refractivity contribution is 5.80. The minimum absolute atomic E-state index is 0.00324. The number of nitrogens with one attached hydrogen (secondary N) is 1. The molecule has 3 aliphatic rings. The van der Waals surface area contributed by atoms with E-state index in [1.807, 2.05) is 0 Å². The van der Waals surface area contributed by atoms with Gasteiger partial charge in [0.25, 0.3) is 0 Å². The highest BCUT2D eigenvalue weighted by atomic mass is 16.4. The van der Waals surface area contributed by atoms with Gasteiger partial charge in [0.15, 0.2) is 0 Å². The number of carboxylic acid groups (broad SMARTS) is 1. The van der Waals surface area contributed by atoms with Crippen LogP contribution in [-0.4, -0.2) is 23.0 Å². The summed E-state index contributed by atoms with van der Waals surface area (Å²) < 4.78 is 0. The van der Waals surface area contributed by atoms with Crippen molar-refractivity contribution in [3.63, 3.8) is 0 Å². The van der Waals surface area contributed by atoms with Crippen LogP contribution >= 0.6 is 0 Å². The van der Waals surface area contributed by atoms with Crippen LogP contribution in [0.25, 0.3) is 0 Å². The Morgan fingerprint density at radius 3 is 2.43 bits per heavy atom. The van der Waals surface area contributed by atoms with Crippen molar-refractivity contribution >= 4 is 11.9 Å². The van der Waals surface area contributed by atoms with E-state index >= 15 is 0 Å². The number of aliphatic carboxylic acids is 1. The molecule has 3 atom stereocenters. The molecule has 2 saturated carbocycles. The van der Waals surface area contributed by atoms with Gasteiger partial charge < -0.3 is 10.4 Å². The summed E-state index contributed by atoms with van der Waals surface area (Å²) in [5, 5.41) is 12.3. The van der Waals surface area contributed by atoms with E-state index < -0.39 is 5.97 Å². The van der Waals surface area contributed by atoms with E-state index in [4.69, 9.17) is 5.11 Å². The fourth-order valence-electron chi connectivity index (χ4n) is 4.65. The van der Waals surface area contributed by atoms with Crippen LogP contribution in [0, 0.1) is 17.8 Å². The molecule has 0 spiro atoms. The van der Waals surface area contributed by atoms with Gasteiger partial charge in [-0.2, -0.15) is 0 Å². The monoisotopic (exact) mass is 313 g/mol. The van der Waals surface area contributed by atoms with Crippen LogP contribution in [0.1, 0.15) is 49.1 Å². The topological polar surface area (TPSA) is 66.4 Å². The second kappa shape index (κ2) is 5.66. The molecule has 0 bridgehead atoms. The molecule has 2 fully saturated rings. The van der Waals surface area contributed by atoms with Crippen LogP contribution in [0.3, 0.4) is 0 Å². The lowest BCUT2D eigenvalue weighted by Crippen LogP contribution is -2.36. The molecule has 4 heteroatoms. The minimum atomic E-state index is -0.714. The number of carbonyl (C=O) groups is 2. The summed E-state index contributed by atoms with van der Waals surface area (Å²) in [5.41, 5.74) is 2.86. The van der Waals surface area contributed by atoms with Crippen LogP contribution < -0.4 is 5.32 Å². The van der Waals surface area contributed by atoms with Crippen LogP contribution in [0.15, 0.2) is 24.3 Å². The fourth-order valence-corrected chi connectivity index (χ4v) is 4.65. The molecule has 0 aliphatic heterocycles. The van der Waals surface area contributed by atoms with E-state index in [9.17, 15) is 9.59 Å². The van der Waals surface area contributed by atoms with Crippen molar-refractivity contribution in [2.24, 2.45) is 17.8 Å². The van der Waals surface area contributed by atoms with Gasteiger partial charge in [-0.3, -0.25) is 9.59 Å². The number of aryl methyl sites for hydroxylation is 1. The van der Waals surface area contributed by atoms with E-state index in [0.29, 0.717) is 43.6 Å². The summed E-state index contributed by atoms with van der Waals surface area (Å²) in [6, 6.07) is 8.89. The molecule has 4 rings (SSSR count). The second-order valence-electron chi connectivity index (χ2n) is 7.35. The Hall–Kier alpha value is -1.84. The maximum atomic E-state index is 12.5. The maximum absolute atomic E-state index is 12.5. The summed E-state index contributed by atoms with van der Waals surface area (Å²) in [6.07, 6.45) is 4.97. The Labute approximate surface area is 136 Å². The first-order chi connectivity index (χ1) is 11.1. The summed E-state index contributed by atoms with van der Waals surface area (Å²) in [6.45, 7) is 0. The Morgan fingerprint density at radius 2 is 1.70 bits per heavy atom. The van der Waals surface area contributed by atoms with Gasteiger partial charge in [0.2, 0.25) is 5.91 Å². The number of hydrogen-bond acceptors (Lipinski definition) is 2. The van der Waals surface area contributed by atoms with Crippen molar-refractivity contribution < 1.29 is 14.7 Å². The maximum Gasteiger partial charge on any atom is 0.306 e. The SMILES string of the molecule is O=C(O)C1CCC(C(=O)NC2C3CCc4ccccc4C32)CC1. The fraction of sp³-hybridized carbons (Fsp3) is 0.579. The van der Waals surface area contributed by atoms with Gasteiger partial charge in [-0.15, -0.1) is 0 Å². The third kappa shape index (κ3) is 2.64. The Balaban J connectivity index is 1.36. The molecule has 0 heterocycles. The first-order valence-corrected chi connectivity index (χ1v) is 8.76. The Kier molecular flexibility index (Phi) is 3.63. The van der Waals surface area contributed by atoms with Gasteiger partial charge in [0, 0.05) is 17.9 Å². The number of carbonyl (C=O) groups excluding carboxylic acids is 1. The lowest BCUT2D eigenvalue weighted by Gasteiger charge is -2.25. The molecular weight excluding hydrogens is 290 g/mol. The molecule has 1 amide bonds. The van der Waals surface area contributed by atoms with Crippen molar-refractivity contribution in [1.82, 2.24) is 5.32 Å². The van der Waals surface area contributed by atoms with Crippen LogP contribution in [0.5, 0.6) is 0 Å². The van der Waals surface area contributed by atoms with Gasteiger partial charge in [0.1, 0.15) is 0 Å². The molecule has 1 aromatic rings. The highest BCUT2D eigenvalue weighted by Gasteiger charge is 2.54. The standard InChI is InChI=1S/C19H23NO3/c21-18(12-5-7-13(8-6-12)19(22)23)20-17-15-10-9-11-3-1-2-4-14(11)16(15)17/h1-4,12-13,15-17H,5-10H2,(H,20,21)(H,22,23). The van der Waals surface area contributed by atoms with Crippen molar-refractivity contribution in [3.8, 4) is 0 Å². The molecule has 4 nitrogen and oxygen atoms in total. The molecular formula is C19H23NO3. The quantitative estimate of drug-likeness (QED) is 0.901. The van der Waals surface area contributed by atoms with E-state index in [0.717, 1.165) is 6.42 Å². The van der Waals surface area contributed by atoms with Crippen molar-refractivity contribution in [1.29, 1.82) is 0 Å². The zero-order valence-electron chi connectivity index (χ0n) is 13.2. The predicted octanol–water partition coefficient (Wildman–Crippen LogP) is 2.72. The summed E-state index contributed by atoms with van der Waals surface area (Å²) in [7, 11) is 0. The van der Waals surface area contributed by atoms with Gasteiger partial charge in [-0.1, -0.05) is 24.3 Å². The van der Waals surface area contributed by atoms with Gasteiger partial charge in [0.05, 0.1) is 5.92 Å². The van der Waals surface area contributed by atoms with Crippen molar-refractivity contribution in [3.05, 3.63) is 35.4 Å². The molecule has 0 aromatic heterocycles. The molecule has 1 aromatic carbocycles. The van der Waals surface area contributed by atoms with Crippen molar-refractivity contribution in [2.45, 2.75) is 50.5 Å². The molecule has 122 valence electrons. The first-order valence-electron chi connectivity index (χ1n) is 8.76. The number of rotatable bonds is 3. The summed E-state index contributed by atoms with van der Waals surface area (Å²) in [5.74, 6) is 0.279. The summed E-state index contributed by atoms with van der Waals surface area (Å²) in [4.78, 5) is 23.5. The molecule has 3 aliphatic carbocycles. The number of amides is 1. The second-order valence-corrected chi connectivity index (χ2v) is 7.35. The number of carboxylic acids is 1. The van der Waals surface area contributed by atoms with E-state index in [1.165, 1.54) is 17.5 Å². The molecule has 0 radical (unpaired) electrons. The van der Waals surface area contributed by atoms with Crippen molar-refractivity contribution in [2.75, 3.05) is 0 Å². The normalized spacial score (nSPS) is 34.9. The number of benzene rings is 1. The Morgan fingerprint density at radius 1 is 1.00 bits per heavy atom. The van der Waals surface area contributed by atoms with E-state index in [-0.39, 0.29) is 17.7 Å². The molecule has 3 unspecified atom stereocenters. The lowest BCUT2D eigenvalue weighted by atomic mass is 9.81. The zero-order chi connectivity index (χ0) is 16.0. The smallest absolute Gasteiger partial charge is 0.306 e. The van der Waals surface area contributed by atoms with Gasteiger partial charge in [-0.05, 0) is 55.6 Å². The van der Waals surface area contributed by atoms with Crippen LogP contribution in [-0.2, 0) is 16.0 Å². The third-order valence-electron chi connectivity index (χ3n) is 6.09. The predicted molar refractivity (Wildman–Crippen MR) is 86.0 cm³/mol. The van der Waals surface area contributed by atoms with Gasteiger partial charge in [-0.25, -0.2) is 0 Å². The third-order valence-corrected chi connectivity index (χ3v) is 6.09. The molecule has 2 N–H and O–H groups in total. The average Bonchev–Trinajstić information content (AvgIpc) is 3.28. The van der Waals surface area contributed by atoms with Gasteiger partial charge >= 0.3 is 5.97 Å². The van der Waals surface area contributed by atoms with Crippen LogP contribution in [0.4, 0.5) is 0 Å². The number of fused-ring (bicyclic) bond motifs is 3. The summed E-state index contributed by atoms with van der Waals surface area (Å²) >= 11 is 0. The molecule has 23 heavy (non-hydrogen) atoms. The first kappa shape index (κ1) is 14.7. The minimum Gasteiger partial charge on any atom is -0.481 e. The largest absolute Gasteiger partial charge is 0.481 e. The lowest BCUT2D eigenvalue weighted by molar-refractivity contribution is -0.144. The highest BCUT2D eigenvalue weighted by Crippen LogP contribution is 2.54. The van der Waals surface area contributed by atoms with Crippen LogP contribution in [0.2, 0.25) is 0 Å². The Bertz CT molecular complexity index is 633. The average molecular weight is 313 g/mol. The molecule has 0 saturated heterocycles. The van der Waals surface area contributed by atoms with E-state index in [1.54, 1.807) is 0 Å². The number of hydrogen-bond donors (Lipinski definition) is 2.